The van der Waals surface area contributed by atoms with Gasteiger partial charge >= 0.3 is 0 Å². The van der Waals surface area contributed by atoms with E-state index < -0.39 is 0 Å². The summed E-state index contributed by atoms with van der Waals surface area (Å²) in [5, 5.41) is 6.41. The van der Waals surface area contributed by atoms with Gasteiger partial charge < -0.3 is 24.5 Å². The van der Waals surface area contributed by atoms with E-state index >= 15 is 0 Å². The Balaban J connectivity index is 1.78. The topological polar surface area (TPSA) is 81.4 Å². The van der Waals surface area contributed by atoms with Gasteiger partial charge in [-0.3, -0.25) is 0 Å². The van der Waals surface area contributed by atoms with Gasteiger partial charge in [0.05, 0.1) is 32.7 Å². The van der Waals surface area contributed by atoms with Crippen molar-refractivity contribution in [3.05, 3.63) is 54.1 Å². The highest BCUT2D eigenvalue weighted by Gasteiger charge is 2.08. The molecular weight excluding hydrogens is 320 g/mol. The Kier molecular flexibility index (Phi) is 5.03. The van der Waals surface area contributed by atoms with E-state index in [0.717, 1.165) is 22.9 Å². The van der Waals surface area contributed by atoms with Gasteiger partial charge in [-0.15, -0.1) is 0 Å². The molecule has 2 N–H and O–H groups in total. The van der Waals surface area contributed by atoms with Crippen LogP contribution >= 0.6 is 0 Å². The lowest BCUT2D eigenvalue weighted by Gasteiger charge is -2.13. The van der Waals surface area contributed by atoms with Crippen molar-refractivity contribution in [2.75, 3.05) is 24.9 Å². The minimum absolute atomic E-state index is 0.516. The third-order valence-electron chi connectivity index (χ3n) is 3.53. The first kappa shape index (κ1) is 16.6. The maximum absolute atomic E-state index is 5.40. The van der Waals surface area contributed by atoms with Crippen molar-refractivity contribution in [1.82, 2.24) is 9.97 Å². The van der Waals surface area contributed by atoms with Crippen molar-refractivity contribution >= 4 is 17.5 Å². The van der Waals surface area contributed by atoms with Crippen LogP contribution in [0.4, 0.5) is 17.5 Å². The van der Waals surface area contributed by atoms with Crippen LogP contribution in [0.15, 0.2) is 47.1 Å². The molecule has 3 aromatic rings. The molecular formula is C18H20N4O3. The van der Waals surface area contributed by atoms with Gasteiger partial charge in [0.2, 0.25) is 5.95 Å². The third-order valence-corrected chi connectivity index (χ3v) is 3.53. The highest BCUT2D eigenvalue weighted by Crippen LogP contribution is 2.31. The van der Waals surface area contributed by atoms with E-state index in [9.17, 15) is 0 Å². The summed E-state index contributed by atoms with van der Waals surface area (Å²) < 4.78 is 15.9. The van der Waals surface area contributed by atoms with Crippen LogP contribution in [0.1, 0.15) is 11.5 Å². The fourth-order valence-electron chi connectivity index (χ4n) is 2.33. The van der Waals surface area contributed by atoms with Crippen molar-refractivity contribution in [2.45, 2.75) is 13.5 Å². The molecule has 0 bridgehead atoms. The first-order valence-corrected chi connectivity index (χ1v) is 7.79. The molecule has 0 fully saturated rings. The van der Waals surface area contributed by atoms with Gasteiger partial charge in [0.25, 0.3) is 0 Å². The smallest absolute Gasteiger partial charge is 0.225 e. The number of aryl methyl sites for hydroxylation is 1. The van der Waals surface area contributed by atoms with Crippen LogP contribution in [0.2, 0.25) is 0 Å². The predicted molar refractivity (Wildman–Crippen MR) is 95.6 cm³/mol. The fourth-order valence-corrected chi connectivity index (χ4v) is 2.33. The Morgan fingerprint density at radius 2 is 1.96 bits per heavy atom. The Morgan fingerprint density at radius 1 is 1.08 bits per heavy atom. The average molecular weight is 340 g/mol. The summed E-state index contributed by atoms with van der Waals surface area (Å²) in [6.45, 7) is 2.43. The van der Waals surface area contributed by atoms with Gasteiger partial charge in [0.1, 0.15) is 23.1 Å². The number of rotatable bonds is 7. The van der Waals surface area contributed by atoms with Crippen LogP contribution in [-0.4, -0.2) is 24.2 Å². The van der Waals surface area contributed by atoms with Crippen LogP contribution < -0.4 is 20.1 Å². The molecule has 7 heteroatoms. The van der Waals surface area contributed by atoms with Crippen LogP contribution in [0.25, 0.3) is 0 Å². The number of hydrogen-bond acceptors (Lipinski definition) is 7. The van der Waals surface area contributed by atoms with E-state index in [1.807, 2.05) is 43.3 Å². The Morgan fingerprint density at radius 3 is 2.68 bits per heavy atom. The first-order valence-electron chi connectivity index (χ1n) is 7.79. The van der Waals surface area contributed by atoms with Crippen LogP contribution in [0, 0.1) is 6.92 Å². The standard InChI is InChI=1S/C18H20N4O3/c1-12-9-17(21-15-7-6-13(23-2)10-16(15)24-3)22-18(20-12)19-11-14-5-4-8-25-14/h4-10H,11H2,1-3H3,(H2,19,20,21,22). The summed E-state index contributed by atoms with van der Waals surface area (Å²) in [5.41, 5.74) is 1.63. The van der Waals surface area contributed by atoms with Crippen LogP contribution in [0.3, 0.4) is 0 Å². The number of nitrogens with one attached hydrogen (secondary N) is 2. The molecule has 0 aliphatic rings. The normalized spacial score (nSPS) is 10.4. The molecule has 130 valence electrons. The van der Waals surface area contributed by atoms with Gasteiger partial charge in [0.15, 0.2) is 0 Å². The molecule has 0 saturated carbocycles. The molecule has 0 radical (unpaired) electrons. The van der Waals surface area contributed by atoms with Crippen LogP contribution in [0.5, 0.6) is 11.5 Å². The second kappa shape index (κ2) is 7.57. The SMILES string of the molecule is COc1ccc(Nc2cc(C)nc(NCc3ccco3)n2)c(OC)c1. The maximum Gasteiger partial charge on any atom is 0.225 e. The van der Waals surface area contributed by atoms with E-state index in [2.05, 4.69) is 20.6 Å². The van der Waals surface area contributed by atoms with E-state index in [1.54, 1.807) is 20.5 Å². The number of nitrogens with zero attached hydrogens (tertiary/aromatic N) is 2. The Labute approximate surface area is 146 Å². The molecule has 1 aromatic carbocycles. The minimum atomic E-state index is 0.516. The zero-order valence-corrected chi connectivity index (χ0v) is 14.4. The van der Waals surface area contributed by atoms with E-state index in [4.69, 9.17) is 13.9 Å². The fraction of sp³-hybridized carbons (Fsp3) is 0.222. The van der Waals surface area contributed by atoms with Gasteiger partial charge in [-0.25, -0.2) is 4.98 Å². The molecule has 7 nitrogen and oxygen atoms in total. The number of methoxy groups -OCH3 is 2. The second-order valence-corrected chi connectivity index (χ2v) is 5.34. The van der Waals surface area contributed by atoms with E-state index in [0.29, 0.717) is 24.1 Å². The zero-order chi connectivity index (χ0) is 17.6. The molecule has 2 heterocycles. The lowest BCUT2D eigenvalue weighted by molar-refractivity contribution is 0.395. The minimum Gasteiger partial charge on any atom is -0.497 e. The third kappa shape index (κ3) is 4.20. The largest absolute Gasteiger partial charge is 0.497 e. The lowest BCUT2D eigenvalue weighted by atomic mass is 10.2. The van der Waals surface area contributed by atoms with Crippen molar-refractivity contribution in [2.24, 2.45) is 0 Å². The Bertz CT molecular complexity index is 834. The quantitative estimate of drug-likeness (QED) is 0.678. The maximum atomic E-state index is 5.40. The van der Waals surface area contributed by atoms with Crippen molar-refractivity contribution in [3.63, 3.8) is 0 Å². The molecule has 0 spiro atoms. The summed E-state index contributed by atoms with van der Waals surface area (Å²) in [4.78, 5) is 8.87. The number of aromatic nitrogens is 2. The Hall–Kier alpha value is -3.22. The first-order chi connectivity index (χ1) is 12.2. The molecule has 0 aliphatic heterocycles. The van der Waals surface area contributed by atoms with Gasteiger partial charge in [0, 0.05) is 17.8 Å². The number of furan rings is 1. The second-order valence-electron chi connectivity index (χ2n) is 5.34. The molecule has 0 unspecified atom stereocenters. The van der Waals surface area contributed by atoms with Gasteiger partial charge in [-0.2, -0.15) is 4.98 Å². The number of benzene rings is 1. The highest BCUT2D eigenvalue weighted by atomic mass is 16.5. The average Bonchev–Trinajstić information content (AvgIpc) is 3.13. The predicted octanol–water partition coefficient (Wildman–Crippen LogP) is 3.75. The number of hydrogen-bond donors (Lipinski definition) is 2. The number of ether oxygens (including phenoxy) is 2. The molecule has 0 aliphatic carbocycles. The van der Waals surface area contributed by atoms with Crippen molar-refractivity contribution in [1.29, 1.82) is 0 Å². The summed E-state index contributed by atoms with van der Waals surface area (Å²) >= 11 is 0. The summed E-state index contributed by atoms with van der Waals surface area (Å²) in [7, 11) is 3.23. The van der Waals surface area contributed by atoms with Crippen LogP contribution in [-0.2, 0) is 6.54 Å². The van der Waals surface area contributed by atoms with Gasteiger partial charge in [-0.1, -0.05) is 0 Å². The molecule has 0 amide bonds. The molecule has 2 aromatic heterocycles. The van der Waals surface area contributed by atoms with Crippen molar-refractivity contribution < 1.29 is 13.9 Å². The molecule has 0 saturated heterocycles. The summed E-state index contributed by atoms with van der Waals surface area (Å²) in [6, 6.07) is 11.1. The van der Waals surface area contributed by atoms with Crippen molar-refractivity contribution in [3.8, 4) is 11.5 Å². The number of anilines is 3. The van der Waals surface area contributed by atoms with Gasteiger partial charge in [-0.05, 0) is 31.2 Å². The zero-order valence-electron chi connectivity index (χ0n) is 14.4. The molecule has 0 atom stereocenters. The summed E-state index contributed by atoms with van der Waals surface area (Å²) in [5.74, 6) is 3.39. The monoisotopic (exact) mass is 340 g/mol. The van der Waals surface area contributed by atoms with E-state index in [1.165, 1.54) is 0 Å². The highest BCUT2D eigenvalue weighted by molar-refractivity contribution is 5.66. The van der Waals surface area contributed by atoms with E-state index in [-0.39, 0.29) is 0 Å². The summed E-state index contributed by atoms with van der Waals surface area (Å²) in [6.07, 6.45) is 1.64. The lowest BCUT2D eigenvalue weighted by Crippen LogP contribution is -2.06. The molecule has 3 rings (SSSR count). The molecule has 25 heavy (non-hydrogen) atoms.